The van der Waals surface area contributed by atoms with E-state index in [1.54, 1.807) is 18.2 Å². The zero-order chi connectivity index (χ0) is 31.6. The van der Waals surface area contributed by atoms with E-state index < -0.39 is 33.6 Å². The van der Waals surface area contributed by atoms with Crippen molar-refractivity contribution in [2.45, 2.75) is 51.6 Å². The monoisotopic (exact) mass is 653 g/mol. The Balaban J connectivity index is 1.90. The third-order valence-corrected chi connectivity index (χ3v) is 8.58. The molecule has 0 saturated heterocycles. The molecule has 0 unspecified atom stereocenters. The maximum absolute atomic E-state index is 13.9. The molecule has 0 fully saturated rings. The third kappa shape index (κ3) is 10.2. The van der Waals surface area contributed by atoms with Gasteiger partial charge in [0.05, 0.1) is 11.9 Å². The Morgan fingerprint density at radius 3 is 2.30 bits per heavy atom. The molecule has 0 bridgehead atoms. The first-order chi connectivity index (χ1) is 20.4. The highest BCUT2D eigenvalue weighted by molar-refractivity contribution is 7.92. The van der Waals surface area contributed by atoms with Gasteiger partial charge < -0.3 is 10.2 Å². The van der Waals surface area contributed by atoms with Gasteiger partial charge in [0.15, 0.2) is 11.6 Å². The van der Waals surface area contributed by atoms with Crippen molar-refractivity contribution >= 4 is 50.7 Å². The first-order valence-corrected chi connectivity index (χ1v) is 16.5. The maximum Gasteiger partial charge on any atom is 0.243 e. The molecule has 0 aliphatic rings. The number of carbonyl (C=O) groups excluding carboxylic acids is 2. The van der Waals surface area contributed by atoms with Crippen LogP contribution in [0.15, 0.2) is 66.7 Å². The minimum absolute atomic E-state index is 0.00645. The smallest absolute Gasteiger partial charge is 0.243 e. The van der Waals surface area contributed by atoms with Gasteiger partial charge in [-0.2, -0.15) is 0 Å². The van der Waals surface area contributed by atoms with Gasteiger partial charge in [-0.25, -0.2) is 17.2 Å². The summed E-state index contributed by atoms with van der Waals surface area (Å²) in [6, 6.07) is 16.1. The molecule has 0 spiro atoms. The maximum atomic E-state index is 13.9. The molecule has 1 atom stereocenters. The number of halogens is 4. The van der Waals surface area contributed by atoms with E-state index in [9.17, 15) is 26.8 Å². The number of unbranched alkanes of at least 4 members (excludes halogenated alkanes) is 1. The Kier molecular flexibility index (Phi) is 12.8. The molecule has 43 heavy (non-hydrogen) atoms. The molecular weight excluding hydrogens is 619 g/mol. The number of benzene rings is 3. The number of rotatable bonds is 15. The topological polar surface area (TPSA) is 86.8 Å². The SMILES string of the molecule is CCCCNC(=O)[C@H](Cc1ccccc1)N(Cc1ccc(Cl)cc1Cl)C(=O)CCCN(c1ccc(F)c(F)c1)S(C)(=O)=O. The number of hydrogen-bond donors (Lipinski definition) is 1. The van der Waals surface area contributed by atoms with Crippen LogP contribution in [-0.4, -0.2) is 50.5 Å². The van der Waals surface area contributed by atoms with Crippen molar-refractivity contribution in [3.63, 3.8) is 0 Å². The molecule has 0 aliphatic carbocycles. The number of sulfonamides is 1. The molecule has 7 nitrogen and oxygen atoms in total. The first kappa shape index (κ1) is 34.3. The van der Waals surface area contributed by atoms with Crippen LogP contribution in [0.1, 0.15) is 43.7 Å². The van der Waals surface area contributed by atoms with Crippen molar-refractivity contribution in [3.8, 4) is 0 Å². The summed E-state index contributed by atoms with van der Waals surface area (Å²) in [5.74, 6) is -3.02. The Hall–Kier alpha value is -3.21. The summed E-state index contributed by atoms with van der Waals surface area (Å²) in [4.78, 5) is 28.9. The van der Waals surface area contributed by atoms with Crippen LogP contribution in [0, 0.1) is 11.6 Å². The minimum Gasteiger partial charge on any atom is -0.354 e. The lowest BCUT2D eigenvalue weighted by atomic mass is 10.0. The van der Waals surface area contributed by atoms with Crippen LogP contribution < -0.4 is 9.62 Å². The van der Waals surface area contributed by atoms with E-state index in [1.165, 1.54) is 4.90 Å². The van der Waals surface area contributed by atoms with E-state index in [4.69, 9.17) is 23.2 Å². The number of amides is 2. The lowest BCUT2D eigenvalue weighted by Gasteiger charge is -2.32. The highest BCUT2D eigenvalue weighted by Crippen LogP contribution is 2.25. The van der Waals surface area contributed by atoms with Crippen molar-refractivity contribution in [3.05, 3.63) is 99.5 Å². The van der Waals surface area contributed by atoms with Crippen molar-refractivity contribution < 1.29 is 26.8 Å². The van der Waals surface area contributed by atoms with Crippen LogP contribution in [0.5, 0.6) is 0 Å². The lowest BCUT2D eigenvalue weighted by Crippen LogP contribution is -2.50. The number of anilines is 1. The van der Waals surface area contributed by atoms with Crippen molar-refractivity contribution in [1.82, 2.24) is 10.2 Å². The molecule has 2 amide bonds. The van der Waals surface area contributed by atoms with E-state index in [-0.39, 0.29) is 43.9 Å². The molecular formula is C31H35Cl2F2N3O4S. The van der Waals surface area contributed by atoms with E-state index in [1.807, 2.05) is 37.3 Å². The average Bonchev–Trinajstić information content (AvgIpc) is 2.95. The van der Waals surface area contributed by atoms with Crippen LogP contribution in [-0.2, 0) is 32.6 Å². The van der Waals surface area contributed by atoms with E-state index in [2.05, 4.69) is 5.32 Å². The number of carbonyl (C=O) groups is 2. The van der Waals surface area contributed by atoms with E-state index in [0.717, 1.165) is 47.2 Å². The molecule has 0 radical (unpaired) electrons. The van der Waals surface area contributed by atoms with Crippen LogP contribution >= 0.6 is 23.2 Å². The zero-order valence-electron chi connectivity index (χ0n) is 24.0. The molecule has 3 rings (SSSR count). The Labute approximate surface area is 261 Å². The van der Waals surface area contributed by atoms with Crippen LogP contribution in [0.4, 0.5) is 14.5 Å². The second kappa shape index (κ2) is 16.0. The van der Waals surface area contributed by atoms with Crippen molar-refractivity contribution in [2.75, 3.05) is 23.7 Å². The standard InChI is InChI=1S/C31H35Cl2F2N3O4S/c1-3-4-16-36-31(40)29(18-22-9-6-5-7-10-22)37(21-23-12-13-24(32)19-26(23)33)30(39)11-8-17-38(43(2,41)42)25-14-15-27(34)28(35)20-25/h5-7,9-10,12-15,19-20,29H,3-4,8,11,16-18,21H2,1-2H3,(H,36,40)/t29-/m0/s1. The quantitative estimate of drug-likeness (QED) is 0.193. The fourth-order valence-electron chi connectivity index (χ4n) is 4.54. The van der Waals surface area contributed by atoms with Crippen molar-refractivity contribution in [2.24, 2.45) is 0 Å². The largest absolute Gasteiger partial charge is 0.354 e. The van der Waals surface area contributed by atoms with Crippen LogP contribution in [0.3, 0.4) is 0 Å². The summed E-state index contributed by atoms with van der Waals surface area (Å²) >= 11 is 12.5. The molecule has 232 valence electrons. The molecule has 1 N–H and O–H groups in total. The summed E-state index contributed by atoms with van der Waals surface area (Å²) in [5, 5.41) is 3.68. The summed E-state index contributed by atoms with van der Waals surface area (Å²) in [6.45, 7) is 2.29. The van der Waals surface area contributed by atoms with Crippen LogP contribution in [0.2, 0.25) is 10.0 Å². The lowest BCUT2D eigenvalue weighted by molar-refractivity contribution is -0.141. The summed E-state index contributed by atoms with van der Waals surface area (Å²) in [5.41, 5.74) is 1.37. The minimum atomic E-state index is -3.88. The summed E-state index contributed by atoms with van der Waals surface area (Å²) < 4.78 is 53.3. The second-order valence-electron chi connectivity index (χ2n) is 10.1. The molecule has 12 heteroatoms. The molecule has 3 aromatic carbocycles. The van der Waals surface area contributed by atoms with Gasteiger partial charge in [-0.15, -0.1) is 0 Å². The van der Waals surface area contributed by atoms with Gasteiger partial charge in [0.25, 0.3) is 0 Å². The van der Waals surface area contributed by atoms with Gasteiger partial charge in [0.1, 0.15) is 6.04 Å². The van der Waals surface area contributed by atoms with E-state index >= 15 is 0 Å². The van der Waals surface area contributed by atoms with Crippen LogP contribution in [0.25, 0.3) is 0 Å². The average molecular weight is 655 g/mol. The molecule has 0 aromatic heterocycles. The van der Waals surface area contributed by atoms with Gasteiger partial charge in [-0.1, -0.05) is 72.9 Å². The number of nitrogens with one attached hydrogen (secondary N) is 1. The molecule has 0 heterocycles. The molecule has 3 aromatic rings. The van der Waals surface area contributed by atoms with Gasteiger partial charge >= 0.3 is 0 Å². The molecule has 0 aliphatic heterocycles. The zero-order valence-corrected chi connectivity index (χ0v) is 26.4. The van der Waals surface area contributed by atoms with Gasteiger partial charge in [-0.3, -0.25) is 13.9 Å². The fraction of sp³-hybridized carbons (Fsp3) is 0.355. The predicted molar refractivity (Wildman–Crippen MR) is 167 cm³/mol. The second-order valence-corrected chi connectivity index (χ2v) is 12.9. The first-order valence-electron chi connectivity index (χ1n) is 13.9. The highest BCUT2D eigenvalue weighted by atomic mass is 35.5. The van der Waals surface area contributed by atoms with Gasteiger partial charge in [0, 0.05) is 48.6 Å². The Morgan fingerprint density at radius 1 is 0.953 bits per heavy atom. The van der Waals surface area contributed by atoms with E-state index in [0.29, 0.717) is 22.2 Å². The predicted octanol–water partition coefficient (Wildman–Crippen LogP) is 6.37. The Morgan fingerprint density at radius 2 is 1.67 bits per heavy atom. The van der Waals surface area contributed by atoms with Gasteiger partial charge in [-0.05, 0) is 48.2 Å². The summed E-state index contributed by atoms with van der Waals surface area (Å²) in [7, 11) is -3.88. The number of nitrogens with zero attached hydrogens (tertiary/aromatic N) is 2. The highest BCUT2D eigenvalue weighted by Gasteiger charge is 2.31. The third-order valence-electron chi connectivity index (χ3n) is 6.80. The fourth-order valence-corrected chi connectivity index (χ4v) is 5.96. The number of hydrogen-bond acceptors (Lipinski definition) is 4. The van der Waals surface area contributed by atoms with Gasteiger partial charge in [0.2, 0.25) is 21.8 Å². The van der Waals surface area contributed by atoms with Crippen molar-refractivity contribution in [1.29, 1.82) is 0 Å². The normalized spacial score (nSPS) is 12.0. The molecule has 0 saturated carbocycles. The Bertz CT molecular complexity index is 1510. The summed E-state index contributed by atoms with van der Waals surface area (Å²) in [6.07, 6.45) is 2.74.